The van der Waals surface area contributed by atoms with E-state index in [-0.39, 0.29) is 18.7 Å². The zero-order valence-electron chi connectivity index (χ0n) is 11.9. The first-order valence-corrected chi connectivity index (χ1v) is 6.88. The van der Waals surface area contributed by atoms with Gasteiger partial charge in [0.25, 0.3) is 0 Å². The second kappa shape index (κ2) is 6.04. The molecule has 2 aromatic carbocycles. The molecule has 0 saturated heterocycles. The molecule has 23 heavy (non-hydrogen) atoms. The number of carbonyl (C=O) groups is 1. The van der Waals surface area contributed by atoms with E-state index in [1.807, 2.05) is 0 Å². The van der Waals surface area contributed by atoms with Gasteiger partial charge in [-0.1, -0.05) is 6.07 Å². The van der Waals surface area contributed by atoms with Crippen LogP contribution in [0.1, 0.15) is 12.0 Å². The highest BCUT2D eigenvalue weighted by molar-refractivity contribution is 5.92. The van der Waals surface area contributed by atoms with Gasteiger partial charge in [-0.15, -0.1) is 0 Å². The van der Waals surface area contributed by atoms with Crippen LogP contribution in [0, 0.1) is 11.6 Å². The van der Waals surface area contributed by atoms with Gasteiger partial charge in [-0.05, 0) is 42.3 Å². The first-order valence-electron chi connectivity index (χ1n) is 6.88. The van der Waals surface area contributed by atoms with Crippen molar-refractivity contribution in [3.8, 4) is 0 Å². The minimum atomic E-state index is -0.933. The maximum atomic E-state index is 13.1. The van der Waals surface area contributed by atoms with Crippen LogP contribution in [0.15, 0.2) is 45.6 Å². The molecule has 0 bridgehead atoms. The highest BCUT2D eigenvalue weighted by atomic mass is 19.2. The number of anilines is 1. The van der Waals surface area contributed by atoms with Crippen LogP contribution in [-0.2, 0) is 11.2 Å². The van der Waals surface area contributed by atoms with E-state index >= 15 is 0 Å². The van der Waals surface area contributed by atoms with E-state index in [4.69, 9.17) is 4.42 Å². The van der Waals surface area contributed by atoms with Gasteiger partial charge in [0.1, 0.15) is 0 Å². The van der Waals surface area contributed by atoms with Crippen molar-refractivity contribution in [2.45, 2.75) is 12.8 Å². The molecule has 118 valence electrons. The van der Waals surface area contributed by atoms with Crippen molar-refractivity contribution in [3.05, 3.63) is 64.1 Å². The Morgan fingerprint density at radius 3 is 2.74 bits per heavy atom. The van der Waals surface area contributed by atoms with Gasteiger partial charge in [0.2, 0.25) is 5.91 Å². The molecule has 7 heteroatoms. The van der Waals surface area contributed by atoms with Crippen LogP contribution in [0.2, 0.25) is 0 Å². The Hall–Kier alpha value is -2.96. The minimum Gasteiger partial charge on any atom is -0.408 e. The SMILES string of the molecule is O=C(CCc1ccc(F)c(F)c1)Nc1ccc2oc(=O)[nH]c2c1. The Morgan fingerprint density at radius 2 is 1.96 bits per heavy atom. The number of aromatic amines is 1. The second-order valence-corrected chi connectivity index (χ2v) is 5.02. The molecule has 3 rings (SSSR count). The molecule has 5 nitrogen and oxygen atoms in total. The van der Waals surface area contributed by atoms with Crippen LogP contribution >= 0.6 is 0 Å². The van der Waals surface area contributed by atoms with Crippen LogP contribution in [0.3, 0.4) is 0 Å². The molecule has 0 fully saturated rings. The molecule has 0 spiro atoms. The van der Waals surface area contributed by atoms with Gasteiger partial charge in [0.15, 0.2) is 17.2 Å². The molecule has 1 aromatic heterocycles. The highest BCUT2D eigenvalue weighted by Gasteiger charge is 2.08. The summed E-state index contributed by atoms with van der Waals surface area (Å²) in [6.45, 7) is 0. The number of hydrogen-bond acceptors (Lipinski definition) is 3. The number of fused-ring (bicyclic) bond motifs is 1. The number of halogens is 2. The van der Waals surface area contributed by atoms with Crippen molar-refractivity contribution in [1.29, 1.82) is 0 Å². The molecule has 0 aliphatic heterocycles. The molecule has 0 radical (unpaired) electrons. The van der Waals surface area contributed by atoms with E-state index in [1.54, 1.807) is 18.2 Å². The fourth-order valence-electron chi connectivity index (χ4n) is 2.21. The van der Waals surface area contributed by atoms with E-state index in [2.05, 4.69) is 10.3 Å². The molecule has 2 N–H and O–H groups in total. The van der Waals surface area contributed by atoms with E-state index in [0.717, 1.165) is 12.1 Å². The molecule has 0 unspecified atom stereocenters. The number of oxazole rings is 1. The quantitative estimate of drug-likeness (QED) is 0.776. The van der Waals surface area contributed by atoms with Crippen molar-refractivity contribution in [2.24, 2.45) is 0 Å². The van der Waals surface area contributed by atoms with Crippen LogP contribution in [-0.4, -0.2) is 10.9 Å². The molecule has 1 heterocycles. The molecular weight excluding hydrogens is 306 g/mol. The minimum absolute atomic E-state index is 0.116. The third-order valence-electron chi connectivity index (χ3n) is 3.33. The summed E-state index contributed by atoms with van der Waals surface area (Å²) in [7, 11) is 0. The van der Waals surface area contributed by atoms with Gasteiger partial charge >= 0.3 is 5.76 Å². The molecule has 0 atom stereocenters. The number of rotatable bonds is 4. The zero-order valence-corrected chi connectivity index (χ0v) is 11.9. The predicted molar refractivity (Wildman–Crippen MR) is 80.1 cm³/mol. The number of aromatic nitrogens is 1. The van der Waals surface area contributed by atoms with Crippen molar-refractivity contribution < 1.29 is 18.0 Å². The first kappa shape index (κ1) is 15.0. The predicted octanol–water partition coefficient (Wildman–Crippen LogP) is 2.97. The average Bonchev–Trinajstić information content (AvgIpc) is 2.88. The summed E-state index contributed by atoms with van der Waals surface area (Å²) in [6.07, 6.45) is 0.402. The molecule has 1 amide bonds. The third kappa shape index (κ3) is 3.45. The van der Waals surface area contributed by atoms with Crippen LogP contribution in [0.5, 0.6) is 0 Å². The lowest BCUT2D eigenvalue weighted by Crippen LogP contribution is -2.12. The molecule has 3 aromatic rings. The average molecular weight is 318 g/mol. The smallest absolute Gasteiger partial charge is 0.408 e. The lowest BCUT2D eigenvalue weighted by molar-refractivity contribution is -0.116. The second-order valence-electron chi connectivity index (χ2n) is 5.02. The summed E-state index contributed by atoms with van der Waals surface area (Å²) >= 11 is 0. The summed E-state index contributed by atoms with van der Waals surface area (Å²) in [5.41, 5.74) is 1.92. The maximum absolute atomic E-state index is 13.1. The number of benzene rings is 2. The Kier molecular flexibility index (Phi) is 3.92. The standard InChI is InChI=1S/C16H12F2N2O3/c17-11-4-1-9(7-12(11)18)2-6-15(21)19-10-3-5-14-13(8-10)20-16(22)23-14/h1,3-5,7-8H,2,6H2,(H,19,21)(H,20,22). The van der Waals surface area contributed by atoms with Crippen LogP contribution < -0.4 is 11.1 Å². The fraction of sp³-hybridized carbons (Fsp3) is 0.125. The summed E-state index contributed by atoms with van der Waals surface area (Å²) in [5, 5.41) is 2.67. The van der Waals surface area contributed by atoms with Gasteiger partial charge in [-0.2, -0.15) is 0 Å². The summed E-state index contributed by atoms with van der Waals surface area (Å²) < 4.78 is 30.8. The lowest BCUT2D eigenvalue weighted by Gasteiger charge is -2.05. The number of carbonyl (C=O) groups excluding carboxylic acids is 1. The monoisotopic (exact) mass is 318 g/mol. The molecular formula is C16H12F2N2O3. The van der Waals surface area contributed by atoms with Gasteiger partial charge in [-0.25, -0.2) is 13.6 Å². The van der Waals surface area contributed by atoms with Crippen LogP contribution in [0.25, 0.3) is 11.1 Å². The third-order valence-corrected chi connectivity index (χ3v) is 3.33. The van der Waals surface area contributed by atoms with E-state index < -0.39 is 17.4 Å². The molecule has 0 saturated carbocycles. The van der Waals surface area contributed by atoms with E-state index in [0.29, 0.717) is 22.4 Å². The van der Waals surface area contributed by atoms with E-state index in [1.165, 1.54) is 6.07 Å². The topological polar surface area (TPSA) is 75.1 Å². The van der Waals surface area contributed by atoms with Gasteiger partial charge in [-0.3, -0.25) is 9.78 Å². The largest absolute Gasteiger partial charge is 0.417 e. The summed E-state index contributed by atoms with van der Waals surface area (Å²) in [6, 6.07) is 8.30. The maximum Gasteiger partial charge on any atom is 0.417 e. The Morgan fingerprint density at radius 1 is 1.13 bits per heavy atom. The van der Waals surface area contributed by atoms with E-state index in [9.17, 15) is 18.4 Å². The highest BCUT2D eigenvalue weighted by Crippen LogP contribution is 2.17. The Balaban J connectivity index is 1.63. The van der Waals surface area contributed by atoms with Crippen molar-refractivity contribution in [1.82, 2.24) is 4.98 Å². The number of amides is 1. The number of aryl methyl sites for hydroxylation is 1. The lowest BCUT2D eigenvalue weighted by atomic mass is 10.1. The van der Waals surface area contributed by atoms with Crippen molar-refractivity contribution >= 4 is 22.7 Å². The molecule has 0 aliphatic carbocycles. The molecule has 0 aliphatic rings. The number of hydrogen-bond donors (Lipinski definition) is 2. The van der Waals surface area contributed by atoms with Gasteiger partial charge < -0.3 is 9.73 Å². The Bertz CT molecular complexity index is 930. The fourth-order valence-corrected chi connectivity index (χ4v) is 2.21. The Labute approximate surface area is 128 Å². The van der Waals surface area contributed by atoms with Crippen molar-refractivity contribution in [2.75, 3.05) is 5.32 Å². The number of H-pyrrole nitrogens is 1. The van der Waals surface area contributed by atoms with Gasteiger partial charge in [0, 0.05) is 12.1 Å². The van der Waals surface area contributed by atoms with Crippen molar-refractivity contribution in [3.63, 3.8) is 0 Å². The van der Waals surface area contributed by atoms with Gasteiger partial charge in [0.05, 0.1) is 5.52 Å². The summed E-state index contributed by atoms with van der Waals surface area (Å²) in [5.74, 6) is -2.69. The normalized spacial score (nSPS) is 10.9. The zero-order chi connectivity index (χ0) is 16.4. The first-order chi connectivity index (χ1) is 11.0. The number of nitrogens with one attached hydrogen (secondary N) is 2. The summed E-state index contributed by atoms with van der Waals surface area (Å²) in [4.78, 5) is 25.5. The van der Waals surface area contributed by atoms with Crippen LogP contribution in [0.4, 0.5) is 14.5 Å².